The van der Waals surface area contributed by atoms with Gasteiger partial charge in [0.1, 0.15) is 23.2 Å². The fourth-order valence-corrected chi connectivity index (χ4v) is 4.62. The average molecular weight is 556 g/mol. The Balaban J connectivity index is 1.25. The Morgan fingerprint density at radius 3 is 2.51 bits per heavy atom. The van der Waals surface area contributed by atoms with Crippen molar-refractivity contribution in [1.29, 1.82) is 5.26 Å². The largest absolute Gasteiger partial charge is 0.497 e. The zero-order valence-electron chi connectivity index (χ0n) is 20.6. The van der Waals surface area contributed by atoms with E-state index in [1.807, 2.05) is 0 Å². The molecule has 1 fully saturated rings. The molecule has 10 nitrogen and oxygen atoms in total. The number of likely N-dealkylation sites (tertiary alicyclic amines) is 1. The van der Waals surface area contributed by atoms with E-state index in [0.29, 0.717) is 28.6 Å². The van der Waals surface area contributed by atoms with Gasteiger partial charge in [0.05, 0.1) is 31.3 Å². The average Bonchev–Trinajstić information content (AvgIpc) is 3.52. The smallest absolute Gasteiger partial charge is 0.417 e. The van der Waals surface area contributed by atoms with E-state index in [1.165, 1.54) is 16.7 Å². The molecule has 0 bridgehead atoms. The van der Waals surface area contributed by atoms with Crippen molar-refractivity contribution < 1.29 is 32.6 Å². The van der Waals surface area contributed by atoms with E-state index in [2.05, 4.69) is 15.6 Å². The Labute approximate surface area is 226 Å². The fraction of sp³-hybridized carbons (Fsp3) is 0.269. The molecule has 1 aliphatic rings. The van der Waals surface area contributed by atoms with Crippen LogP contribution in [0.5, 0.6) is 11.5 Å². The first-order chi connectivity index (χ1) is 18.7. The van der Waals surface area contributed by atoms with E-state index in [-0.39, 0.29) is 5.69 Å². The number of benzene rings is 2. The number of anilines is 1. The molecule has 13 heteroatoms. The highest BCUT2D eigenvalue weighted by Gasteiger charge is 2.47. The maximum atomic E-state index is 13.5. The van der Waals surface area contributed by atoms with Gasteiger partial charge in [-0.1, -0.05) is 12.1 Å². The Bertz CT molecular complexity index is 1390. The van der Waals surface area contributed by atoms with Gasteiger partial charge in [-0.05, 0) is 42.0 Å². The molecule has 0 unspecified atom stereocenters. The van der Waals surface area contributed by atoms with Gasteiger partial charge < -0.3 is 19.7 Å². The minimum absolute atomic E-state index is 0.0888. The Hall–Kier alpha value is -4.57. The van der Waals surface area contributed by atoms with Crippen LogP contribution in [0, 0.1) is 11.3 Å². The van der Waals surface area contributed by atoms with Gasteiger partial charge in [0.2, 0.25) is 5.91 Å². The maximum Gasteiger partial charge on any atom is 0.417 e. The summed E-state index contributed by atoms with van der Waals surface area (Å²) in [5.41, 5.74) is 1.49. The molecule has 0 radical (unpaired) electrons. The standard InChI is InChI=1S/C26H23F2N5O5S/c1-37-19-6-8-20(9-7-19)38-25(36)31-17-4-2-16(3-5-17)10-22-32-21(14-39-22)24(35)30-13-23(34)33-15-26(27,28)11-18(33)12-29/h2-9,14,18H,10-11,13,15H2,1H3,(H,30,35)(H,31,36)/t18-/m0/s1. The second-order valence-corrected chi connectivity index (χ2v) is 9.54. The lowest BCUT2D eigenvalue weighted by Crippen LogP contribution is -2.43. The SMILES string of the molecule is COc1ccc(OC(=O)Nc2ccc(Cc3nc(C(=O)NCC(=O)N4CC(F)(F)C[C@H]4C#N)cs3)cc2)cc1. The van der Waals surface area contributed by atoms with Crippen LogP contribution in [0.25, 0.3) is 0 Å². The van der Waals surface area contributed by atoms with E-state index < -0.39 is 49.4 Å². The number of nitrogens with one attached hydrogen (secondary N) is 2. The lowest BCUT2D eigenvalue weighted by Gasteiger charge is -2.19. The number of carbonyl (C=O) groups excluding carboxylic acids is 3. The van der Waals surface area contributed by atoms with Crippen molar-refractivity contribution in [3.05, 3.63) is 70.2 Å². The molecule has 3 amide bonds. The van der Waals surface area contributed by atoms with Gasteiger partial charge >= 0.3 is 6.09 Å². The zero-order chi connectivity index (χ0) is 28.0. The van der Waals surface area contributed by atoms with Crippen LogP contribution in [0.4, 0.5) is 19.3 Å². The molecule has 0 spiro atoms. The number of hydrogen-bond donors (Lipinski definition) is 2. The third-order valence-electron chi connectivity index (χ3n) is 5.75. The number of rotatable bonds is 8. The Kier molecular flexibility index (Phi) is 8.36. The van der Waals surface area contributed by atoms with Crippen LogP contribution in [0.2, 0.25) is 0 Å². The van der Waals surface area contributed by atoms with Crippen LogP contribution < -0.4 is 20.1 Å². The van der Waals surface area contributed by atoms with Crippen LogP contribution >= 0.6 is 11.3 Å². The van der Waals surface area contributed by atoms with Crippen molar-refractivity contribution in [2.75, 3.05) is 25.5 Å². The van der Waals surface area contributed by atoms with E-state index in [0.717, 1.165) is 10.5 Å². The van der Waals surface area contributed by atoms with E-state index in [9.17, 15) is 23.2 Å². The third kappa shape index (κ3) is 7.26. The van der Waals surface area contributed by atoms with Gasteiger partial charge in [0.15, 0.2) is 0 Å². The molecule has 3 aromatic rings. The van der Waals surface area contributed by atoms with E-state index in [1.54, 1.807) is 61.7 Å². The lowest BCUT2D eigenvalue weighted by molar-refractivity contribution is -0.131. The number of hydrogen-bond acceptors (Lipinski definition) is 8. The van der Waals surface area contributed by atoms with Gasteiger partial charge in [-0.15, -0.1) is 11.3 Å². The van der Waals surface area contributed by atoms with E-state index in [4.69, 9.17) is 14.7 Å². The minimum Gasteiger partial charge on any atom is -0.497 e. The minimum atomic E-state index is -3.13. The topological polar surface area (TPSA) is 134 Å². The number of nitrogens with zero attached hydrogens (tertiary/aromatic N) is 3. The molecule has 0 saturated carbocycles. The molecule has 202 valence electrons. The molecule has 1 aromatic heterocycles. The predicted molar refractivity (Wildman–Crippen MR) is 137 cm³/mol. The number of halogens is 2. The lowest BCUT2D eigenvalue weighted by atomic mass is 10.1. The molecule has 1 saturated heterocycles. The molecule has 1 aliphatic heterocycles. The zero-order valence-corrected chi connectivity index (χ0v) is 21.5. The van der Waals surface area contributed by atoms with Crippen LogP contribution in [0.1, 0.15) is 27.5 Å². The van der Waals surface area contributed by atoms with Crippen molar-refractivity contribution in [1.82, 2.24) is 15.2 Å². The van der Waals surface area contributed by atoms with Crippen LogP contribution in [-0.2, 0) is 11.2 Å². The van der Waals surface area contributed by atoms with E-state index >= 15 is 0 Å². The second kappa shape index (κ2) is 11.9. The first-order valence-corrected chi connectivity index (χ1v) is 12.5. The fourth-order valence-electron chi connectivity index (χ4n) is 3.81. The summed E-state index contributed by atoms with van der Waals surface area (Å²) < 4.78 is 37.4. The normalized spacial score (nSPS) is 15.7. The quantitative estimate of drug-likeness (QED) is 0.431. The summed E-state index contributed by atoms with van der Waals surface area (Å²) in [6.45, 7) is -1.37. The first-order valence-electron chi connectivity index (χ1n) is 11.7. The monoisotopic (exact) mass is 555 g/mol. The molecule has 4 rings (SSSR count). The van der Waals surface area contributed by atoms with Gasteiger partial charge in [0.25, 0.3) is 11.8 Å². The van der Waals surface area contributed by atoms with Gasteiger partial charge in [-0.25, -0.2) is 18.6 Å². The second-order valence-electron chi connectivity index (χ2n) is 8.60. The molecule has 0 aliphatic carbocycles. The number of carbonyl (C=O) groups is 3. The summed E-state index contributed by atoms with van der Waals surface area (Å²) in [5.74, 6) is -3.51. The molecule has 1 atom stereocenters. The summed E-state index contributed by atoms with van der Waals surface area (Å²) in [5, 5.41) is 16.2. The van der Waals surface area contributed by atoms with Crippen LogP contribution in [-0.4, -0.2) is 60.0 Å². The molecule has 39 heavy (non-hydrogen) atoms. The van der Waals surface area contributed by atoms with Crippen LogP contribution in [0.3, 0.4) is 0 Å². The number of thiazole rings is 1. The molecular formula is C26H23F2N5O5S. The Morgan fingerprint density at radius 1 is 1.15 bits per heavy atom. The number of nitriles is 1. The summed E-state index contributed by atoms with van der Waals surface area (Å²) in [6, 6.07) is 14.0. The van der Waals surface area contributed by atoms with Gasteiger partial charge in [0, 0.05) is 23.9 Å². The first kappa shape index (κ1) is 27.5. The molecule has 2 N–H and O–H groups in total. The molecule has 2 aromatic carbocycles. The number of amides is 3. The summed E-state index contributed by atoms with van der Waals surface area (Å²) in [6.07, 6.45) is -0.951. The van der Waals surface area contributed by atoms with Crippen molar-refractivity contribution in [3.8, 4) is 17.6 Å². The maximum absolute atomic E-state index is 13.5. The summed E-state index contributed by atoms with van der Waals surface area (Å²) in [7, 11) is 1.54. The number of ether oxygens (including phenoxy) is 2. The van der Waals surface area contributed by atoms with Gasteiger partial charge in [-0.2, -0.15) is 5.26 Å². The predicted octanol–water partition coefficient (Wildman–Crippen LogP) is 3.84. The van der Waals surface area contributed by atoms with Crippen molar-refractivity contribution in [2.24, 2.45) is 0 Å². The highest BCUT2D eigenvalue weighted by atomic mass is 32.1. The van der Waals surface area contributed by atoms with Crippen molar-refractivity contribution in [2.45, 2.75) is 24.8 Å². The van der Waals surface area contributed by atoms with Gasteiger partial charge in [-0.3, -0.25) is 14.9 Å². The molecular weight excluding hydrogens is 532 g/mol. The van der Waals surface area contributed by atoms with Crippen molar-refractivity contribution in [3.63, 3.8) is 0 Å². The number of aromatic nitrogens is 1. The number of alkyl halides is 2. The van der Waals surface area contributed by atoms with Crippen molar-refractivity contribution >= 4 is 34.9 Å². The number of methoxy groups -OCH3 is 1. The molecule has 2 heterocycles. The summed E-state index contributed by atoms with van der Waals surface area (Å²) >= 11 is 1.25. The highest BCUT2D eigenvalue weighted by molar-refractivity contribution is 7.09. The van der Waals surface area contributed by atoms with Crippen LogP contribution in [0.15, 0.2) is 53.9 Å². The summed E-state index contributed by atoms with van der Waals surface area (Å²) in [4.78, 5) is 41.9. The third-order valence-corrected chi connectivity index (χ3v) is 6.60. The Morgan fingerprint density at radius 2 is 1.85 bits per heavy atom. The highest BCUT2D eigenvalue weighted by Crippen LogP contribution is 2.31.